The largest absolute Gasteiger partial charge is 0.546 e. The first kappa shape index (κ1) is 20.7. The first-order valence-electron chi connectivity index (χ1n) is 8.80. The van der Waals surface area contributed by atoms with E-state index in [1.54, 1.807) is 13.2 Å². The van der Waals surface area contributed by atoms with Crippen molar-refractivity contribution in [1.29, 1.82) is 0 Å². The van der Waals surface area contributed by atoms with E-state index < -0.39 is 8.32 Å². The van der Waals surface area contributed by atoms with Gasteiger partial charge in [0.1, 0.15) is 6.79 Å². The van der Waals surface area contributed by atoms with E-state index in [0.29, 0.717) is 6.42 Å². The third-order valence-electron chi connectivity index (χ3n) is 4.53. The minimum absolute atomic E-state index is 0.0883. The lowest BCUT2D eigenvalue weighted by atomic mass is 10.1. The number of hydrogen-bond donors (Lipinski definition) is 0. The van der Waals surface area contributed by atoms with Gasteiger partial charge in [-0.2, -0.15) is 0 Å². The zero-order valence-electron chi connectivity index (χ0n) is 15.6. The molecule has 0 aliphatic rings. The van der Waals surface area contributed by atoms with Crippen LogP contribution in [0.15, 0.2) is 54.8 Å². The number of rotatable bonds is 12. The maximum absolute atomic E-state index is 6.57. The summed E-state index contributed by atoms with van der Waals surface area (Å²) in [6.45, 7) is 10.8. The Morgan fingerprint density at radius 1 is 1.12 bits per heavy atom. The summed E-state index contributed by atoms with van der Waals surface area (Å²) in [5, 5.41) is 0. The van der Waals surface area contributed by atoms with Crippen molar-refractivity contribution in [3.05, 3.63) is 60.4 Å². The van der Waals surface area contributed by atoms with Crippen molar-refractivity contribution in [2.75, 3.05) is 13.9 Å². The molecule has 0 radical (unpaired) electrons. The Morgan fingerprint density at radius 3 is 2.25 bits per heavy atom. The Hall–Kier alpha value is -1.36. The molecule has 0 N–H and O–H groups in total. The van der Waals surface area contributed by atoms with Crippen LogP contribution in [0.3, 0.4) is 0 Å². The fourth-order valence-electron chi connectivity index (χ4n) is 2.79. The third-order valence-corrected chi connectivity index (χ3v) is 9.09. The second-order valence-electron chi connectivity index (χ2n) is 5.89. The van der Waals surface area contributed by atoms with E-state index >= 15 is 0 Å². The van der Waals surface area contributed by atoms with E-state index in [1.807, 2.05) is 24.3 Å². The molecule has 4 heteroatoms. The van der Waals surface area contributed by atoms with E-state index in [4.69, 9.17) is 13.9 Å². The molecule has 0 aliphatic carbocycles. The SMILES string of the molecule is C=C/C=C(/CC(OCOC)c1ccccc1)O[Si](CC)(CC)CC. The Bertz CT molecular complexity index is 487. The summed E-state index contributed by atoms with van der Waals surface area (Å²) >= 11 is 0. The Balaban J connectivity index is 2.97. The van der Waals surface area contributed by atoms with Gasteiger partial charge in [-0.1, -0.05) is 63.8 Å². The van der Waals surface area contributed by atoms with Gasteiger partial charge in [0, 0.05) is 13.5 Å². The van der Waals surface area contributed by atoms with Crippen LogP contribution in [0.25, 0.3) is 0 Å². The minimum atomic E-state index is -1.72. The van der Waals surface area contributed by atoms with Crippen molar-refractivity contribution in [1.82, 2.24) is 0 Å². The third kappa shape index (κ3) is 6.27. The highest BCUT2D eigenvalue weighted by atomic mass is 28.4. The van der Waals surface area contributed by atoms with E-state index in [2.05, 4.69) is 39.5 Å². The molecule has 0 amide bonds. The lowest BCUT2D eigenvalue weighted by Crippen LogP contribution is -2.35. The Kier molecular flexibility index (Phi) is 9.68. The van der Waals surface area contributed by atoms with Gasteiger partial charge in [0.15, 0.2) is 0 Å². The fourth-order valence-corrected chi connectivity index (χ4v) is 5.43. The van der Waals surface area contributed by atoms with Crippen LogP contribution in [0.2, 0.25) is 18.1 Å². The van der Waals surface area contributed by atoms with E-state index in [9.17, 15) is 0 Å². The van der Waals surface area contributed by atoms with Gasteiger partial charge >= 0.3 is 0 Å². The molecule has 0 aliphatic heterocycles. The maximum Gasteiger partial charge on any atom is 0.250 e. The quantitative estimate of drug-likeness (QED) is 0.206. The second kappa shape index (κ2) is 11.2. The average Bonchev–Trinajstić information content (AvgIpc) is 2.64. The molecule has 134 valence electrons. The molecule has 1 atom stereocenters. The van der Waals surface area contributed by atoms with Crippen molar-refractivity contribution in [2.45, 2.75) is 51.4 Å². The van der Waals surface area contributed by atoms with Crippen LogP contribution in [-0.2, 0) is 13.9 Å². The molecule has 0 saturated carbocycles. The van der Waals surface area contributed by atoms with Gasteiger partial charge < -0.3 is 13.9 Å². The normalized spacial score (nSPS) is 13.6. The molecule has 24 heavy (non-hydrogen) atoms. The van der Waals surface area contributed by atoms with Gasteiger partial charge in [-0.25, -0.2) is 0 Å². The first-order valence-corrected chi connectivity index (χ1v) is 11.3. The predicted molar refractivity (Wildman–Crippen MR) is 103 cm³/mol. The summed E-state index contributed by atoms with van der Waals surface area (Å²) in [6, 6.07) is 13.6. The minimum Gasteiger partial charge on any atom is -0.546 e. The van der Waals surface area contributed by atoms with Crippen molar-refractivity contribution in [2.24, 2.45) is 0 Å². The lowest BCUT2D eigenvalue weighted by molar-refractivity contribution is -0.0750. The van der Waals surface area contributed by atoms with Crippen molar-refractivity contribution < 1.29 is 13.9 Å². The van der Waals surface area contributed by atoms with Crippen LogP contribution in [0.1, 0.15) is 38.9 Å². The van der Waals surface area contributed by atoms with Crippen LogP contribution in [0.4, 0.5) is 0 Å². The Labute approximate surface area is 148 Å². The van der Waals surface area contributed by atoms with Gasteiger partial charge in [0.05, 0.1) is 11.9 Å². The lowest BCUT2D eigenvalue weighted by Gasteiger charge is -2.31. The van der Waals surface area contributed by atoms with E-state index in [-0.39, 0.29) is 12.9 Å². The van der Waals surface area contributed by atoms with Crippen LogP contribution in [0, 0.1) is 0 Å². The van der Waals surface area contributed by atoms with Gasteiger partial charge in [0.2, 0.25) is 8.32 Å². The maximum atomic E-state index is 6.57. The monoisotopic (exact) mass is 348 g/mol. The van der Waals surface area contributed by atoms with Gasteiger partial charge in [-0.05, 0) is 29.8 Å². The first-order chi connectivity index (χ1) is 11.6. The van der Waals surface area contributed by atoms with Gasteiger partial charge in [0.25, 0.3) is 0 Å². The predicted octanol–water partition coefficient (Wildman–Crippen LogP) is 5.83. The summed E-state index contributed by atoms with van der Waals surface area (Å²) in [6.07, 6.45) is 4.38. The van der Waals surface area contributed by atoms with Crippen LogP contribution >= 0.6 is 0 Å². The van der Waals surface area contributed by atoms with Crippen molar-refractivity contribution in [3.63, 3.8) is 0 Å². The summed E-state index contributed by atoms with van der Waals surface area (Å²) in [7, 11) is -0.0785. The summed E-state index contributed by atoms with van der Waals surface area (Å²) in [5.74, 6) is 0.965. The molecule has 3 nitrogen and oxygen atoms in total. The highest BCUT2D eigenvalue weighted by Crippen LogP contribution is 2.31. The number of ether oxygens (including phenoxy) is 2. The van der Waals surface area contributed by atoms with Crippen LogP contribution < -0.4 is 0 Å². The molecule has 1 aromatic carbocycles. The van der Waals surface area contributed by atoms with Gasteiger partial charge in [-0.3, -0.25) is 0 Å². The van der Waals surface area contributed by atoms with Crippen molar-refractivity contribution in [3.8, 4) is 0 Å². The fraction of sp³-hybridized carbons (Fsp3) is 0.500. The zero-order valence-corrected chi connectivity index (χ0v) is 16.6. The zero-order chi connectivity index (χ0) is 17.8. The molecule has 0 spiro atoms. The molecule has 1 rings (SSSR count). The molecule has 0 fully saturated rings. The highest BCUT2D eigenvalue weighted by Gasteiger charge is 2.32. The summed E-state index contributed by atoms with van der Waals surface area (Å²) < 4.78 is 17.6. The standard InChI is InChI=1S/C20H32O3Si/c1-6-13-19(23-24(7-2,8-3)9-4)16-20(22-17-21-5)18-14-11-10-12-15-18/h6,10-15,20H,1,7-9,16-17H2,2-5H3/b19-13-. The second-order valence-corrected chi connectivity index (χ2v) is 10.6. The molecular formula is C20H32O3Si. The van der Waals surface area contributed by atoms with Crippen molar-refractivity contribution >= 4 is 8.32 Å². The molecule has 0 bridgehead atoms. The highest BCUT2D eigenvalue weighted by molar-refractivity contribution is 6.73. The molecule has 1 aromatic rings. The van der Waals surface area contributed by atoms with Crippen LogP contribution in [0.5, 0.6) is 0 Å². The average molecular weight is 349 g/mol. The number of hydrogen-bond acceptors (Lipinski definition) is 3. The molecule has 1 unspecified atom stereocenters. The van der Waals surface area contributed by atoms with Crippen LogP contribution in [-0.4, -0.2) is 22.2 Å². The smallest absolute Gasteiger partial charge is 0.250 e. The van der Waals surface area contributed by atoms with Gasteiger partial charge in [-0.15, -0.1) is 0 Å². The van der Waals surface area contributed by atoms with E-state index in [1.165, 1.54) is 0 Å². The number of allylic oxidation sites excluding steroid dienone is 2. The topological polar surface area (TPSA) is 27.7 Å². The molecule has 0 saturated heterocycles. The molecular weight excluding hydrogens is 316 g/mol. The number of benzene rings is 1. The van der Waals surface area contributed by atoms with E-state index in [0.717, 1.165) is 29.5 Å². The summed E-state index contributed by atoms with van der Waals surface area (Å²) in [5.41, 5.74) is 1.13. The number of methoxy groups -OCH3 is 1. The Morgan fingerprint density at radius 2 is 1.75 bits per heavy atom. The summed E-state index contributed by atoms with van der Waals surface area (Å²) in [4.78, 5) is 0. The molecule has 0 aromatic heterocycles. The molecule has 0 heterocycles.